The molecule has 15 heavy (non-hydrogen) atoms. The SMILES string of the molecule is CC(C)c1cc(F)c(S(N)(=O)=O)c(F)c1. The fourth-order valence-corrected chi connectivity index (χ4v) is 1.85. The van der Waals surface area contributed by atoms with Crippen LogP contribution in [0.15, 0.2) is 17.0 Å². The van der Waals surface area contributed by atoms with Crippen molar-refractivity contribution in [3.8, 4) is 0 Å². The predicted octanol–water partition coefficient (Wildman–Crippen LogP) is 1.74. The van der Waals surface area contributed by atoms with E-state index in [1.54, 1.807) is 13.8 Å². The normalized spacial score (nSPS) is 12.1. The standard InChI is InChI=1S/C9H11F2NO2S/c1-5(2)6-3-7(10)9(8(11)4-6)15(12,13)14/h3-5H,1-2H3,(H2,12,13,14). The molecule has 0 spiro atoms. The first-order chi connectivity index (χ1) is 6.73. The summed E-state index contributed by atoms with van der Waals surface area (Å²) in [6.45, 7) is 3.48. The Morgan fingerprint density at radius 2 is 1.60 bits per heavy atom. The summed E-state index contributed by atoms with van der Waals surface area (Å²) in [5.41, 5.74) is 0.386. The van der Waals surface area contributed by atoms with E-state index in [-0.39, 0.29) is 5.92 Å². The van der Waals surface area contributed by atoms with Gasteiger partial charge in [-0.3, -0.25) is 0 Å². The molecule has 0 aliphatic rings. The lowest BCUT2D eigenvalue weighted by molar-refractivity contribution is 0.515. The Morgan fingerprint density at radius 1 is 1.20 bits per heavy atom. The van der Waals surface area contributed by atoms with E-state index in [0.717, 1.165) is 12.1 Å². The summed E-state index contributed by atoms with van der Waals surface area (Å²) in [7, 11) is -4.36. The van der Waals surface area contributed by atoms with Crippen LogP contribution < -0.4 is 5.14 Å². The van der Waals surface area contributed by atoms with Crippen LogP contribution in [0.1, 0.15) is 25.3 Å². The number of sulfonamides is 1. The maximum atomic E-state index is 13.3. The number of primary sulfonamides is 1. The number of rotatable bonds is 2. The molecule has 0 atom stereocenters. The lowest BCUT2D eigenvalue weighted by atomic mass is 10.0. The fraction of sp³-hybridized carbons (Fsp3) is 0.333. The molecule has 0 aromatic heterocycles. The monoisotopic (exact) mass is 235 g/mol. The van der Waals surface area contributed by atoms with Gasteiger partial charge in [0.2, 0.25) is 10.0 Å². The van der Waals surface area contributed by atoms with Crippen LogP contribution in [0.25, 0.3) is 0 Å². The second kappa shape index (κ2) is 3.86. The molecule has 0 fully saturated rings. The van der Waals surface area contributed by atoms with Gasteiger partial charge in [-0.25, -0.2) is 22.3 Å². The maximum Gasteiger partial charge on any atom is 0.243 e. The predicted molar refractivity (Wildman–Crippen MR) is 51.8 cm³/mol. The van der Waals surface area contributed by atoms with E-state index >= 15 is 0 Å². The van der Waals surface area contributed by atoms with E-state index in [1.807, 2.05) is 0 Å². The number of hydrogen-bond acceptors (Lipinski definition) is 2. The third kappa shape index (κ3) is 2.51. The molecule has 0 bridgehead atoms. The van der Waals surface area contributed by atoms with E-state index in [9.17, 15) is 17.2 Å². The summed E-state index contributed by atoms with van der Waals surface area (Å²) in [5, 5.41) is 4.68. The molecule has 1 rings (SSSR count). The Balaban J connectivity index is 3.48. The van der Waals surface area contributed by atoms with E-state index in [1.165, 1.54) is 0 Å². The average Bonchev–Trinajstić information content (AvgIpc) is 1.99. The summed E-state index contributed by atoms with van der Waals surface area (Å²) in [6, 6.07) is 1.96. The summed E-state index contributed by atoms with van der Waals surface area (Å²) >= 11 is 0. The minimum absolute atomic E-state index is 0.0940. The van der Waals surface area contributed by atoms with Crippen LogP contribution in [0.2, 0.25) is 0 Å². The fourth-order valence-electron chi connectivity index (χ4n) is 1.18. The highest BCUT2D eigenvalue weighted by Crippen LogP contribution is 2.23. The lowest BCUT2D eigenvalue weighted by Gasteiger charge is -2.08. The van der Waals surface area contributed by atoms with Crippen molar-refractivity contribution in [2.24, 2.45) is 5.14 Å². The third-order valence-electron chi connectivity index (χ3n) is 1.97. The first kappa shape index (κ1) is 12.1. The van der Waals surface area contributed by atoms with Crippen molar-refractivity contribution in [3.05, 3.63) is 29.3 Å². The molecule has 1 aromatic rings. The maximum absolute atomic E-state index is 13.3. The molecule has 0 saturated carbocycles. The van der Waals surface area contributed by atoms with Gasteiger partial charge < -0.3 is 0 Å². The zero-order chi connectivity index (χ0) is 11.8. The van der Waals surface area contributed by atoms with Crippen molar-refractivity contribution in [1.82, 2.24) is 0 Å². The molecule has 0 radical (unpaired) electrons. The molecule has 84 valence electrons. The Hall–Kier alpha value is -1.01. The molecule has 0 heterocycles. The first-order valence-electron chi connectivity index (χ1n) is 4.25. The van der Waals surface area contributed by atoms with Gasteiger partial charge in [-0.15, -0.1) is 0 Å². The van der Waals surface area contributed by atoms with Gasteiger partial charge in [-0.1, -0.05) is 13.8 Å². The number of hydrogen-bond donors (Lipinski definition) is 1. The van der Waals surface area contributed by atoms with Crippen LogP contribution in [-0.4, -0.2) is 8.42 Å². The second-order valence-electron chi connectivity index (χ2n) is 3.51. The van der Waals surface area contributed by atoms with Crippen LogP contribution in [-0.2, 0) is 10.0 Å². The number of nitrogens with two attached hydrogens (primary N) is 1. The lowest BCUT2D eigenvalue weighted by Crippen LogP contribution is -2.16. The van der Waals surface area contributed by atoms with E-state index in [4.69, 9.17) is 0 Å². The molecular weight excluding hydrogens is 224 g/mol. The minimum atomic E-state index is -4.36. The van der Waals surface area contributed by atoms with Gasteiger partial charge in [0.15, 0.2) is 4.90 Å². The number of halogens is 2. The Morgan fingerprint density at radius 3 is 1.87 bits per heavy atom. The van der Waals surface area contributed by atoms with Gasteiger partial charge in [-0.05, 0) is 23.6 Å². The molecule has 0 unspecified atom stereocenters. The highest BCUT2D eigenvalue weighted by atomic mass is 32.2. The Bertz CT molecular complexity index is 460. The van der Waals surface area contributed by atoms with Gasteiger partial charge in [0.1, 0.15) is 11.6 Å². The molecular formula is C9H11F2NO2S. The Labute approximate surface area is 87.0 Å². The van der Waals surface area contributed by atoms with Crippen molar-refractivity contribution in [2.45, 2.75) is 24.7 Å². The summed E-state index contributed by atoms with van der Waals surface area (Å²) in [4.78, 5) is -1.08. The summed E-state index contributed by atoms with van der Waals surface area (Å²) in [6.07, 6.45) is 0. The van der Waals surface area contributed by atoms with Crippen molar-refractivity contribution >= 4 is 10.0 Å². The molecule has 0 amide bonds. The summed E-state index contributed by atoms with van der Waals surface area (Å²) in [5.74, 6) is -2.40. The van der Waals surface area contributed by atoms with E-state index < -0.39 is 26.6 Å². The second-order valence-corrected chi connectivity index (χ2v) is 5.01. The van der Waals surface area contributed by atoms with Gasteiger partial charge in [0, 0.05) is 0 Å². The van der Waals surface area contributed by atoms with Crippen molar-refractivity contribution in [1.29, 1.82) is 0 Å². The summed E-state index contributed by atoms with van der Waals surface area (Å²) < 4.78 is 48.2. The van der Waals surface area contributed by atoms with Crippen molar-refractivity contribution in [3.63, 3.8) is 0 Å². The van der Waals surface area contributed by atoms with Gasteiger partial charge in [0.05, 0.1) is 0 Å². The quantitative estimate of drug-likeness (QED) is 0.848. The average molecular weight is 235 g/mol. The third-order valence-corrected chi connectivity index (χ3v) is 2.93. The topological polar surface area (TPSA) is 60.2 Å². The Kier molecular flexibility index (Phi) is 3.11. The molecule has 2 N–H and O–H groups in total. The largest absolute Gasteiger partial charge is 0.243 e. The highest BCUT2D eigenvalue weighted by molar-refractivity contribution is 7.89. The van der Waals surface area contributed by atoms with Gasteiger partial charge >= 0.3 is 0 Å². The van der Waals surface area contributed by atoms with Crippen LogP contribution in [0, 0.1) is 11.6 Å². The molecule has 0 aliphatic carbocycles. The molecule has 3 nitrogen and oxygen atoms in total. The van der Waals surface area contributed by atoms with Gasteiger partial charge in [0.25, 0.3) is 0 Å². The number of benzene rings is 1. The molecule has 6 heteroatoms. The highest BCUT2D eigenvalue weighted by Gasteiger charge is 2.21. The van der Waals surface area contributed by atoms with Crippen LogP contribution >= 0.6 is 0 Å². The van der Waals surface area contributed by atoms with Crippen LogP contribution in [0.5, 0.6) is 0 Å². The zero-order valence-corrected chi connectivity index (χ0v) is 9.11. The smallest absolute Gasteiger partial charge is 0.224 e. The van der Waals surface area contributed by atoms with E-state index in [0.29, 0.717) is 5.56 Å². The van der Waals surface area contributed by atoms with Crippen LogP contribution in [0.3, 0.4) is 0 Å². The molecule has 0 saturated heterocycles. The first-order valence-corrected chi connectivity index (χ1v) is 5.80. The minimum Gasteiger partial charge on any atom is -0.224 e. The van der Waals surface area contributed by atoms with E-state index in [2.05, 4.69) is 5.14 Å². The molecule has 0 aliphatic heterocycles. The van der Waals surface area contributed by atoms with Crippen molar-refractivity contribution in [2.75, 3.05) is 0 Å². The van der Waals surface area contributed by atoms with Crippen molar-refractivity contribution < 1.29 is 17.2 Å². The van der Waals surface area contributed by atoms with Gasteiger partial charge in [-0.2, -0.15) is 0 Å². The van der Waals surface area contributed by atoms with Crippen LogP contribution in [0.4, 0.5) is 8.78 Å². The molecule has 1 aromatic carbocycles. The zero-order valence-electron chi connectivity index (χ0n) is 8.29.